The summed E-state index contributed by atoms with van der Waals surface area (Å²) in [6.45, 7) is 1.50. The smallest absolute Gasteiger partial charge is 0.400 e. The van der Waals surface area contributed by atoms with E-state index in [9.17, 15) is 26.6 Å². The summed E-state index contributed by atoms with van der Waals surface area (Å²) >= 11 is 0. The molecule has 0 aliphatic heterocycles. The predicted molar refractivity (Wildman–Crippen MR) is 98.4 cm³/mol. The number of anilines is 1. The molecule has 1 unspecified atom stereocenters. The molecule has 0 saturated heterocycles. The summed E-state index contributed by atoms with van der Waals surface area (Å²) in [4.78, 5) is 13.2. The van der Waals surface area contributed by atoms with E-state index in [0.717, 1.165) is 12.1 Å². The van der Waals surface area contributed by atoms with Crippen LogP contribution in [0.25, 0.3) is 0 Å². The third-order valence-electron chi connectivity index (χ3n) is 4.03. The average Bonchev–Trinajstić information content (AvgIpc) is 2.59. The second-order valence-corrected chi connectivity index (χ2v) is 7.60. The molecule has 2 rings (SSSR count). The normalized spacial score (nSPS) is 12.5. The second kappa shape index (κ2) is 8.72. The third kappa shape index (κ3) is 5.31. The van der Waals surface area contributed by atoms with Gasteiger partial charge in [0.1, 0.15) is 11.6 Å². The van der Waals surface area contributed by atoms with Crippen molar-refractivity contribution in [3.05, 3.63) is 58.9 Å². The zero-order chi connectivity index (χ0) is 21.1. The standard InChI is InChI=1S/C19H19F4NO3S/c1-12-8-15(20)16(9-17(12)28(26)11-19(21,22)23)24(2)10-13-6-4-5-7-14(13)18(25)27-3/h4-9H,10-11H2,1-3H3. The number of aryl methyl sites for hydroxylation is 1. The van der Waals surface area contributed by atoms with Gasteiger partial charge in [0.25, 0.3) is 0 Å². The number of rotatable bonds is 6. The van der Waals surface area contributed by atoms with E-state index >= 15 is 0 Å². The first-order valence-corrected chi connectivity index (χ1v) is 9.48. The van der Waals surface area contributed by atoms with Gasteiger partial charge in [0.2, 0.25) is 0 Å². The minimum absolute atomic E-state index is 0.0178. The Hall–Kier alpha value is -2.42. The van der Waals surface area contributed by atoms with Gasteiger partial charge in [0.15, 0.2) is 0 Å². The van der Waals surface area contributed by atoms with Crippen molar-refractivity contribution in [3.8, 4) is 0 Å². The molecule has 0 fully saturated rings. The largest absolute Gasteiger partial charge is 0.465 e. The number of carbonyl (C=O) groups is 1. The molecule has 0 aliphatic carbocycles. The number of nitrogens with zero attached hydrogens (tertiary/aromatic N) is 1. The van der Waals surface area contributed by atoms with Crippen LogP contribution in [0.1, 0.15) is 21.5 Å². The number of hydrogen-bond donors (Lipinski definition) is 0. The van der Waals surface area contributed by atoms with Gasteiger partial charge >= 0.3 is 12.1 Å². The molecule has 2 aromatic carbocycles. The first kappa shape index (κ1) is 21.9. The summed E-state index contributed by atoms with van der Waals surface area (Å²) in [5.41, 5.74) is 1.00. The number of ether oxygens (including phenoxy) is 1. The van der Waals surface area contributed by atoms with E-state index in [2.05, 4.69) is 0 Å². The number of methoxy groups -OCH3 is 1. The molecule has 0 saturated carbocycles. The van der Waals surface area contributed by atoms with E-state index in [1.54, 1.807) is 24.3 Å². The van der Waals surface area contributed by atoms with Gasteiger partial charge < -0.3 is 9.64 Å². The molecule has 0 spiro atoms. The molecule has 0 heterocycles. The van der Waals surface area contributed by atoms with Crippen molar-refractivity contribution in [3.63, 3.8) is 0 Å². The monoisotopic (exact) mass is 417 g/mol. The van der Waals surface area contributed by atoms with E-state index in [1.165, 1.54) is 26.0 Å². The molecule has 0 radical (unpaired) electrons. The summed E-state index contributed by atoms with van der Waals surface area (Å²) in [6, 6.07) is 8.79. The average molecular weight is 417 g/mol. The van der Waals surface area contributed by atoms with Crippen LogP contribution in [0, 0.1) is 12.7 Å². The maximum atomic E-state index is 14.5. The van der Waals surface area contributed by atoms with Crippen LogP contribution in [-0.4, -0.2) is 36.3 Å². The van der Waals surface area contributed by atoms with Crippen LogP contribution in [-0.2, 0) is 22.1 Å². The fourth-order valence-corrected chi connectivity index (χ4v) is 3.83. The number of hydrogen-bond acceptors (Lipinski definition) is 4. The summed E-state index contributed by atoms with van der Waals surface area (Å²) in [6.07, 6.45) is -4.60. The minimum Gasteiger partial charge on any atom is -0.465 e. The Morgan fingerprint density at radius 3 is 2.46 bits per heavy atom. The van der Waals surface area contributed by atoms with Crippen LogP contribution in [0.2, 0.25) is 0 Å². The Morgan fingerprint density at radius 1 is 1.21 bits per heavy atom. The number of carbonyl (C=O) groups excluding carboxylic acids is 1. The Kier molecular flexibility index (Phi) is 6.82. The van der Waals surface area contributed by atoms with Crippen molar-refractivity contribution in [2.75, 3.05) is 24.8 Å². The van der Waals surface area contributed by atoms with Crippen molar-refractivity contribution >= 4 is 22.5 Å². The van der Waals surface area contributed by atoms with Crippen LogP contribution in [0.3, 0.4) is 0 Å². The van der Waals surface area contributed by atoms with E-state index in [1.807, 2.05) is 0 Å². The number of alkyl halides is 3. The number of halogens is 4. The van der Waals surface area contributed by atoms with Gasteiger partial charge in [0.05, 0.1) is 29.2 Å². The maximum Gasteiger partial charge on any atom is 0.400 e. The topological polar surface area (TPSA) is 46.6 Å². The third-order valence-corrected chi connectivity index (χ3v) is 5.55. The number of esters is 1. The first-order chi connectivity index (χ1) is 13.0. The SMILES string of the molecule is COC(=O)c1ccccc1CN(C)c1cc(S(=O)CC(F)(F)F)c(C)cc1F. The molecule has 0 amide bonds. The highest BCUT2D eigenvalue weighted by Gasteiger charge is 2.32. The molecule has 0 aliphatic rings. The van der Waals surface area contributed by atoms with Crippen LogP contribution in [0.15, 0.2) is 41.3 Å². The lowest BCUT2D eigenvalue weighted by Crippen LogP contribution is -2.22. The van der Waals surface area contributed by atoms with Crippen molar-refractivity contribution in [2.45, 2.75) is 24.5 Å². The summed E-state index contributed by atoms with van der Waals surface area (Å²) in [7, 11) is 0.415. The molecule has 2 aromatic rings. The van der Waals surface area contributed by atoms with Crippen molar-refractivity contribution in [2.24, 2.45) is 0 Å². The molecular weight excluding hydrogens is 398 g/mol. The highest BCUT2D eigenvalue weighted by molar-refractivity contribution is 7.85. The van der Waals surface area contributed by atoms with Gasteiger partial charge in [-0.2, -0.15) is 13.2 Å². The van der Waals surface area contributed by atoms with E-state index in [-0.39, 0.29) is 22.7 Å². The Labute approximate surface area is 162 Å². The molecule has 0 bridgehead atoms. The summed E-state index contributed by atoms with van der Waals surface area (Å²) in [5, 5.41) is 0. The lowest BCUT2D eigenvalue weighted by atomic mass is 10.1. The minimum atomic E-state index is -4.60. The van der Waals surface area contributed by atoms with Crippen LogP contribution >= 0.6 is 0 Å². The quantitative estimate of drug-likeness (QED) is 0.521. The summed E-state index contributed by atoms with van der Waals surface area (Å²) < 4.78 is 69.0. The predicted octanol–water partition coefficient (Wildman–Crippen LogP) is 4.23. The first-order valence-electron chi connectivity index (χ1n) is 8.16. The highest BCUT2D eigenvalue weighted by atomic mass is 32.2. The molecule has 0 N–H and O–H groups in total. The van der Waals surface area contributed by atoms with Crippen LogP contribution < -0.4 is 4.90 Å². The zero-order valence-corrected chi connectivity index (χ0v) is 16.3. The fraction of sp³-hybridized carbons (Fsp3) is 0.316. The molecule has 152 valence electrons. The fourth-order valence-electron chi connectivity index (χ4n) is 2.71. The van der Waals surface area contributed by atoms with Gasteiger partial charge in [-0.15, -0.1) is 0 Å². The molecule has 0 aromatic heterocycles. The maximum absolute atomic E-state index is 14.5. The van der Waals surface area contributed by atoms with Crippen LogP contribution in [0.5, 0.6) is 0 Å². The van der Waals surface area contributed by atoms with Crippen molar-refractivity contribution in [1.29, 1.82) is 0 Å². The van der Waals surface area contributed by atoms with E-state index in [4.69, 9.17) is 4.74 Å². The van der Waals surface area contributed by atoms with E-state index in [0.29, 0.717) is 11.1 Å². The molecule has 9 heteroatoms. The van der Waals surface area contributed by atoms with Crippen molar-refractivity contribution < 1.29 is 31.3 Å². The van der Waals surface area contributed by atoms with Gasteiger partial charge in [-0.1, -0.05) is 18.2 Å². The lowest BCUT2D eigenvalue weighted by molar-refractivity contribution is -0.105. The van der Waals surface area contributed by atoms with Crippen molar-refractivity contribution in [1.82, 2.24) is 0 Å². The summed E-state index contributed by atoms with van der Waals surface area (Å²) in [5.74, 6) is -2.72. The van der Waals surface area contributed by atoms with Gasteiger partial charge in [-0.3, -0.25) is 4.21 Å². The second-order valence-electron chi connectivity index (χ2n) is 6.18. The molecular formula is C19H19F4NO3S. The Bertz CT molecular complexity index is 899. The van der Waals surface area contributed by atoms with Gasteiger partial charge in [-0.25, -0.2) is 9.18 Å². The highest BCUT2D eigenvalue weighted by Crippen LogP contribution is 2.29. The molecule has 28 heavy (non-hydrogen) atoms. The number of benzene rings is 2. The zero-order valence-electron chi connectivity index (χ0n) is 15.5. The molecule has 4 nitrogen and oxygen atoms in total. The Balaban J connectivity index is 2.36. The van der Waals surface area contributed by atoms with Crippen LogP contribution in [0.4, 0.5) is 23.2 Å². The van der Waals surface area contributed by atoms with Gasteiger partial charge in [-0.05, 0) is 36.2 Å². The van der Waals surface area contributed by atoms with Gasteiger partial charge in [0, 0.05) is 18.5 Å². The lowest BCUT2D eigenvalue weighted by Gasteiger charge is -2.22. The Morgan fingerprint density at radius 2 is 1.86 bits per heavy atom. The molecule has 1 atom stereocenters. The van der Waals surface area contributed by atoms with E-state index < -0.39 is 34.5 Å².